The van der Waals surface area contributed by atoms with Crippen LogP contribution in [0.5, 0.6) is 0 Å². The number of sulfonamides is 1. The van der Waals surface area contributed by atoms with Gasteiger partial charge in [-0.25, -0.2) is 8.42 Å². The zero-order valence-electron chi connectivity index (χ0n) is 12.5. The number of aryl methyl sites for hydroxylation is 3. The van der Waals surface area contributed by atoms with Gasteiger partial charge in [-0.05, 0) is 49.1 Å². The molecule has 0 spiro atoms. The summed E-state index contributed by atoms with van der Waals surface area (Å²) in [6.07, 6.45) is 0.753. The molecule has 0 amide bonds. The van der Waals surface area contributed by atoms with Crippen molar-refractivity contribution in [1.82, 2.24) is 0 Å². The van der Waals surface area contributed by atoms with Crippen LogP contribution in [0, 0.1) is 13.8 Å². The number of anilines is 2. The Morgan fingerprint density at radius 3 is 2.48 bits per heavy atom. The fraction of sp³-hybridized carbons (Fsp3) is 0.250. The normalized spacial score (nSPS) is 11.4. The van der Waals surface area contributed by atoms with E-state index in [0.717, 1.165) is 23.1 Å². The number of hydrogen-bond acceptors (Lipinski definition) is 3. The van der Waals surface area contributed by atoms with Gasteiger partial charge in [-0.1, -0.05) is 31.2 Å². The highest BCUT2D eigenvalue weighted by Crippen LogP contribution is 2.27. The van der Waals surface area contributed by atoms with Crippen molar-refractivity contribution in [3.63, 3.8) is 0 Å². The summed E-state index contributed by atoms with van der Waals surface area (Å²) >= 11 is 0. The van der Waals surface area contributed by atoms with Crippen molar-refractivity contribution in [1.29, 1.82) is 0 Å². The van der Waals surface area contributed by atoms with Crippen LogP contribution in [0.2, 0.25) is 0 Å². The Morgan fingerprint density at radius 1 is 1.14 bits per heavy atom. The highest BCUT2D eigenvalue weighted by Gasteiger charge is 2.19. The molecule has 0 aliphatic carbocycles. The largest absolute Gasteiger partial charge is 0.398 e. The molecule has 2 aromatic carbocycles. The Hall–Kier alpha value is -2.01. The van der Waals surface area contributed by atoms with Gasteiger partial charge in [-0.3, -0.25) is 4.72 Å². The lowest BCUT2D eigenvalue weighted by atomic mass is 10.1. The van der Waals surface area contributed by atoms with Crippen LogP contribution in [0.25, 0.3) is 0 Å². The minimum atomic E-state index is -3.69. The minimum absolute atomic E-state index is 0.110. The molecular weight excluding hydrogens is 284 g/mol. The maximum absolute atomic E-state index is 12.6. The first kappa shape index (κ1) is 15.4. The molecule has 2 aromatic rings. The molecule has 0 saturated heterocycles. The number of nitrogens with one attached hydrogen (secondary N) is 1. The summed E-state index contributed by atoms with van der Waals surface area (Å²) < 4.78 is 27.8. The second-order valence-corrected chi connectivity index (χ2v) is 6.76. The van der Waals surface area contributed by atoms with Crippen LogP contribution in [-0.2, 0) is 16.4 Å². The van der Waals surface area contributed by atoms with Gasteiger partial charge in [-0.15, -0.1) is 0 Å². The lowest BCUT2D eigenvalue weighted by Crippen LogP contribution is -2.16. The van der Waals surface area contributed by atoms with E-state index in [2.05, 4.69) is 4.72 Å². The van der Waals surface area contributed by atoms with Crippen molar-refractivity contribution < 1.29 is 8.42 Å². The van der Waals surface area contributed by atoms with E-state index in [-0.39, 0.29) is 10.6 Å². The summed E-state index contributed by atoms with van der Waals surface area (Å²) in [6, 6.07) is 10.7. The molecule has 0 fully saturated rings. The molecule has 0 radical (unpaired) electrons. The summed E-state index contributed by atoms with van der Waals surface area (Å²) in [5.41, 5.74) is 9.53. The van der Waals surface area contributed by atoms with Crippen molar-refractivity contribution in [2.24, 2.45) is 0 Å². The van der Waals surface area contributed by atoms with Crippen molar-refractivity contribution in [3.05, 3.63) is 53.1 Å². The van der Waals surface area contributed by atoms with Gasteiger partial charge in [0.15, 0.2) is 0 Å². The summed E-state index contributed by atoms with van der Waals surface area (Å²) in [4.78, 5) is 0.110. The van der Waals surface area contributed by atoms with Crippen LogP contribution in [0.15, 0.2) is 41.3 Å². The summed E-state index contributed by atoms with van der Waals surface area (Å²) in [5, 5.41) is 0. The molecule has 112 valence electrons. The van der Waals surface area contributed by atoms with Crippen LogP contribution >= 0.6 is 0 Å². The SMILES string of the molecule is CCc1cccc(C)c1NS(=O)(=O)c1ccc(C)cc1N. The van der Waals surface area contributed by atoms with E-state index in [1.165, 1.54) is 6.07 Å². The number of nitrogens with two attached hydrogens (primary N) is 1. The molecule has 0 unspecified atom stereocenters. The van der Waals surface area contributed by atoms with Crippen LogP contribution in [0.3, 0.4) is 0 Å². The summed E-state index contributed by atoms with van der Waals surface area (Å²) in [7, 11) is -3.69. The number of hydrogen-bond donors (Lipinski definition) is 2. The van der Waals surface area contributed by atoms with E-state index in [1.54, 1.807) is 12.1 Å². The topological polar surface area (TPSA) is 72.2 Å². The molecule has 0 saturated carbocycles. The van der Waals surface area contributed by atoms with E-state index in [1.807, 2.05) is 39.0 Å². The molecular formula is C16H20N2O2S. The minimum Gasteiger partial charge on any atom is -0.398 e. The monoisotopic (exact) mass is 304 g/mol. The highest BCUT2D eigenvalue weighted by molar-refractivity contribution is 7.92. The van der Waals surface area contributed by atoms with Crippen molar-refractivity contribution in [3.8, 4) is 0 Å². The fourth-order valence-electron chi connectivity index (χ4n) is 2.27. The van der Waals surface area contributed by atoms with Crippen molar-refractivity contribution in [2.75, 3.05) is 10.5 Å². The summed E-state index contributed by atoms with van der Waals surface area (Å²) in [6.45, 7) is 5.75. The van der Waals surface area contributed by atoms with Crippen molar-refractivity contribution in [2.45, 2.75) is 32.1 Å². The van der Waals surface area contributed by atoms with Gasteiger partial charge in [0.1, 0.15) is 4.90 Å². The van der Waals surface area contributed by atoms with E-state index in [4.69, 9.17) is 5.73 Å². The van der Waals surface area contributed by atoms with E-state index >= 15 is 0 Å². The smallest absolute Gasteiger partial charge is 0.263 e. The predicted octanol–water partition coefficient (Wildman–Crippen LogP) is 3.25. The van der Waals surface area contributed by atoms with Gasteiger partial charge in [0.25, 0.3) is 10.0 Å². The first-order valence-electron chi connectivity index (χ1n) is 6.82. The van der Waals surface area contributed by atoms with Gasteiger partial charge in [-0.2, -0.15) is 0 Å². The standard InChI is InChI=1S/C16H20N2O2S/c1-4-13-7-5-6-12(3)16(13)18-21(19,20)15-9-8-11(2)10-14(15)17/h5-10,18H,4,17H2,1-3H3. The third-order valence-electron chi connectivity index (χ3n) is 3.43. The highest BCUT2D eigenvalue weighted by atomic mass is 32.2. The second kappa shape index (κ2) is 5.77. The quantitative estimate of drug-likeness (QED) is 0.852. The predicted molar refractivity (Wildman–Crippen MR) is 87.0 cm³/mol. The van der Waals surface area contributed by atoms with Crippen LogP contribution in [0.1, 0.15) is 23.6 Å². The molecule has 0 aromatic heterocycles. The third-order valence-corrected chi connectivity index (χ3v) is 4.85. The molecule has 0 bridgehead atoms. The maximum Gasteiger partial charge on any atom is 0.263 e. The maximum atomic E-state index is 12.6. The van der Waals surface area contributed by atoms with Gasteiger partial charge in [0.05, 0.1) is 11.4 Å². The zero-order chi connectivity index (χ0) is 15.6. The van der Waals surface area contributed by atoms with Crippen LogP contribution in [0.4, 0.5) is 11.4 Å². The van der Waals surface area contributed by atoms with Crippen LogP contribution in [-0.4, -0.2) is 8.42 Å². The van der Waals surface area contributed by atoms with Gasteiger partial charge in [0.2, 0.25) is 0 Å². The Morgan fingerprint density at radius 2 is 1.86 bits per heavy atom. The Balaban J connectivity index is 2.47. The zero-order valence-corrected chi connectivity index (χ0v) is 13.3. The number of para-hydroxylation sites is 1. The fourth-order valence-corrected chi connectivity index (χ4v) is 3.56. The molecule has 5 heteroatoms. The average molecular weight is 304 g/mol. The van der Waals surface area contributed by atoms with Crippen molar-refractivity contribution >= 4 is 21.4 Å². The van der Waals surface area contributed by atoms with E-state index in [9.17, 15) is 8.42 Å². The van der Waals surface area contributed by atoms with E-state index in [0.29, 0.717) is 5.69 Å². The average Bonchev–Trinajstić information content (AvgIpc) is 2.40. The molecule has 2 rings (SSSR count). The first-order chi connectivity index (χ1) is 9.85. The Kier molecular flexibility index (Phi) is 4.23. The third kappa shape index (κ3) is 3.19. The lowest BCUT2D eigenvalue weighted by Gasteiger charge is -2.15. The Labute approximate surface area is 126 Å². The second-order valence-electron chi connectivity index (χ2n) is 5.11. The number of nitrogen functional groups attached to an aromatic ring is 1. The molecule has 0 aliphatic rings. The number of benzene rings is 2. The van der Waals surface area contributed by atoms with Gasteiger partial charge >= 0.3 is 0 Å². The van der Waals surface area contributed by atoms with E-state index < -0.39 is 10.0 Å². The summed E-state index contributed by atoms with van der Waals surface area (Å²) in [5.74, 6) is 0. The molecule has 0 aliphatic heterocycles. The molecule has 21 heavy (non-hydrogen) atoms. The van der Waals surface area contributed by atoms with Gasteiger partial charge in [0, 0.05) is 0 Å². The number of rotatable bonds is 4. The Bertz CT molecular complexity index is 768. The van der Waals surface area contributed by atoms with Gasteiger partial charge < -0.3 is 5.73 Å². The molecule has 0 heterocycles. The molecule has 3 N–H and O–H groups in total. The molecule has 4 nitrogen and oxygen atoms in total. The molecule has 0 atom stereocenters. The first-order valence-corrected chi connectivity index (χ1v) is 8.31. The van der Waals surface area contributed by atoms with Crippen LogP contribution < -0.4 is 10.5 Å². The lowest BCUT2D eigenvalue weighted by molar-refractivity contribution is 0.601.